The van der Waals surface area contributed by atoms with Crippen molar-refractivity contribution in [1.82, 2.24) is 20.3 Å². The minimum atomic E-state index is -0.732. The second kappa shape index (κ2) is 7.10. The van der Waals surface area contributed by atoms with E-state index in [0.29, 0.717) is 0 Å². The zero-order valence-electron chi connectivity index (χ0n) is 16.4. The van der Waals surface area contributed by atoms with E-state index in [1.807, 2.05) is 24.8 Å². The molecule has 0 spiro atoms. The number of nitrogens with one attached hydrogen (secondary N) is 2. The third-order valence-corrected chi connectivity index (χ3v) is 5.92. The Morgan fingerprint density at radius 2 is 1.76 bits per heavy atom. The van der Waals surface area contributed by atoms with Crippen molar-refractivity contribution < 1.29 is 5.11 Å². The highest BCUT2D eigenvalue weighted by Crippen LogP contribution is 2.37. The molecule has 5 nitrogen and oxygen atoms in total. The van der Waals surface area contributed by atoms with Gasteiger partial charge in [0.2, 0.25) is 0 Å². The van der Waals surface area contributed by atoms with Crippen LogP contribution >= 0.6 is 0 Å². The number of benzene rings is 1. The van der Waals surface area contributed by atoms with Gasteiger partial charge in [-0.25, -0.2) is 4.98 Å². The van der Waals surface area contributed by atoms with Crippen LogP contribution in [0.15, 0.2) is 61.2 Å². The van der Waals surface area contributed by atoms with Crippen LogP contribution in [-0.4, -0.2) is 33.1 Å². The number of nitrogens with zero attached hydrogens (tertiary/aromatic N) is 2. The van der Waals surface area contributed by atoms with Crippen molar-refractivity contribution in [3.63, 3.8) is 0 Å². The summed E-state index contributed by atoms with van der Waals surface area (Å²) in [5.41, 5.74) is 6.65. The van der Waals surface area contributed by atoms with E-state index >= 15 is 0 Å². The predicted molar refractivity (Wildman–Crippen MR) is 115 cm³/mol. The molecule has 1 fully saturated rings. The average Bonchev–Trinajstić information content (AvgIpc) is 3.19. The largest absolute Gasteiger partial charge is 0.385 e. The van der Waals surface area contributed by atoms with Crippen molar-refractivity contribution in [3.8, 4) is 22.3 Å². The molecule has 5 heteroatoms. The Bertz CT molecular complexity index is 1160. The molecule has 1 aliphatic rings. The van der Waals surface area contributed by atoms with Crippen molar-refractivity contribution in [2.24, 2.45) is 0 Å². The zero-order chi connectivity index (χ0) is 19.8. The van der Waals surface area contributed by atoms with Crippen LogP contribution in [0.2, 0.25) is 0 Å². The molecule has 4 heterocycles. The topological polar surface area (TPSA) is 73.8 Å². The van der Waals surface area contributed by atoms with E-state index in [1.54, 1.807) is 0 Å². The molecule has 3 aromatic heterocycles. The lowest BCUT2D eigenvalue weighted by molar-refractivity contribution is 0.00595. The summed E-state index contributed by atoms with van der Waals surface area (Å²) in [7, 11) is 0. The monoisotopic (exact) mass is 384 g/mol. The van der Waals surface area contributed by atoms with Crippen LogP contribution in [0.3, 0.4) is 0 Å². The molecular formula is C24H24N4O. The maximum Gasteiger partial charge on any atom is 0.138 e. The van der Waals surface area contributed by atoms with Crippen LogP contribution < -0.4 is 5.32 Å². The summed E-state index contributed by atoms with van der Waals surface area (Å²) in [6, 6.07) is 12.5. The summed E-state index contributed by atoms with van der Waals surface area (Å²) in [5, 5.41) is 15.4. The van der Waals surface area contributed by atoms with E-state index in [9.17, 15) is 5.11 Å². The Morgan fingerprint density at radius 1 is 0.966 bits per heavy atom. The van der Waals surface area contributed by atoms with Gasteiger partial charge in [-0.3, -0.25) is 4.98 Å². The maximum absolute atomic E-state index is 11.0. The Balaban J connectivity index is 1.59. The van der Waals surface area contributed by atoms with Crippen molar-refractivity contribution in [2.75, 3.05) is 13.1 Å². The van der Waals surface area contributed by atoms with Gasteiger partial charge in [0.15, 0.2) is 0 Å². The lowest BCUT2D eigenvalue weighted by Crippen LogP contribution is -2.39. The molecule has 29 heavy (non-hydrogen) atoms. The second-order valence-electron chi connectivity index (χ2n) is 7.89. The first-order valence-corrected chi connectivity index (χ1v) is 10.1. The van der Waals surface area contributed by atoms with E-state index in [4.69, 9.17) is 0 Å². The van der Waals surface area contributed by atoms with Gasteiger partial charge in [0.1, 0.15) is 5.65 Å². The normalized spacial score (nSPS) is 16.2. The van der Waals surface area contributed by atoms with Gasteiger partial charge >= 0.3 is 0 Å². The number of hydrogen-bond acceptors (Lipinski definition) is 4. The molecule has 0 amide bonds. The molecule has 3 N–H and O–H groups in total. The standard InChI is InChI=1S/C24H24N4O/c1-16-12-18(14-26-13-16)21-15-28-23-22(21)20(6-9-27-23)17-2-4-19(5-3-17)24(29)7-10-25-11-8-24/h2-6,9,12-15,25,29H,7-8,10-11H2,1H3,(H,27,28). The number of H-pyrrole nitrogens is 1. The number of piperidine rings is 1. The summed E-state index contributed by atoms with van der Waals surface area (Å²) < 4.78 is 0. The van der Waals surface area contributed by atoms with Crippen molar-refractivity contribution in [2.45, 2.75) is 25.4 Å². The Labute approximate surface area is 169 Å². The number of aromatic nitrogens is 3. The number of hydrogen-bond donors (Lipinski definition) is 3. The van der Waals surface area contributed by atoms with Gasteiger partial charge < -0.3 is 15.4 Å². The summed E-state index contributed by atoms with van der Waals surface area (Å²) in [4.78, 5) is 12.2. The van der Waals surface area contributed by atoms with E-state index < -0.39 is 5.60 Å². The van der Waals surface area contributed by atoms with Gasteiger partial charge in [0.25, 0.3) is 0 Å². The van der Waals surface area contributed by atoms with Crippen LogP contribution in [0.4, 0.5) is 0 Å². The molecule has 0 bridgehead atoms. The zero-order valence-corrected chi connectivity index (χ0v) is 16.4. The highest BCUT2D eigenvalue weighted by molar-refractivity contribution is 6.03. The fraction of sp³-hybridized carbons (Fsp3) is 0.250. The van der Waals surface area contributed by atoms with Crippen LogP contribution in [0.5, 0.6) is 0 Å². The van der Waals surface area contributed by atoms with Crippen LogP contribution in [0.25, 0.3) is 33.3 Å². The Hall–Kier alpha value is -3.02. The number of aromatic amines is 1. The number of fused-ring (bicyclic) bond motifs is 1. The SMILES string of the molecule is Cc1cncc(-c2c[nH]c3nccc(-c4ccc(C5(O)CCNCC5)cc4)c23)c1. The number of pyridine rings is 2. The molecule has 5 rings (SSSR count). The third kappa shape index (κ3) is 3.22. The highest BCUT2D eigenvalue weighted by Gasteiger charge is 2.30. The van der Waals surface area contributed by atoms with Crippen LogP contribution in [-0.2, 0) is 5.60 Å². The summed E-state index contributed by atoms with van der Waals surface area (Å²) >= 11 is 0. The maximum atomic E-state index is 11.0. The average molecular weight is 384 g/mol. The molecule has 0 radical (unpaired) electrons. The first-order chi connectivity index (χ1) is 14.1. The number of rotatable bonds is 3. The minimum Gasteiger partial charge on any atom is -0.385 e. The quantitative estimate of drug-likeness (QED) is 0.496. The lowest BCUT2D eigenvalue weighted by atomic mass is 9.84. The Morgan fingerprint density at radius 3 is 2.52 bits per heavy atom. The van der Waals surface area contributed by atoms with Gasteiger partial charge in [-0.2, -0.15) is 0 Å². The molecule has 0 saturated carbocycles. The molecule has 1 aliphatic heterocycles. The second-order valence-corrected chi connectivity index (χ2v) is 7.89. The van der Waals surface area contributed by atoms with Crippen molar-refractivity contribution in [1.29, 1.82) is 0 Å². The predicted octanol–water partition coefficient (Wildman–Crippen LogP) is 4.17. The molecule has 146 valence electrons. The Kier molecular flexibility index (Phi) is 4.42. The summed E-state index contributed by atoms with van der Waals surface area (Å²) in [6.07, 6.45) is 9.08. The van der Waals surface area contributed by atoms with Crippen molar-refractivity contribution in [3.05, 3.63) is 72.3 Å². The molecule has 0 atom stereocenters. The first kappa shape index (κ1) is 18.0. The molecule has 0 unspecified atom stereocenters. The first-order valence-electron chi connectivity index (χ1n) is 10.1. The summed E-state index contributed by atoms with van der Waals surface area (Å²) in [5.74, 6) is 0. The molecule has 0 aliphatic carbocycles. The van der Waals surface area contributed by atoms with Gasteiger partial charge in [-0.15, -0.1) is 0 Å². The van der Waals surface area contributed by atoms with Gasteiger partial charge in [0, 0.05) is 41.3 Å². The minimum absolute atomic E-state index is 0.732. The van der Waals surface area contributed by atoms with E-state index in [2.05, 4.69) is 63.6 Å². The number of aliphatic hydroxyl groups is 1. The van der Waals surface area contributed by atoms with Crippen LogP contribution in [0.1, 0.15) is 24.0 Å². The van der Waals surface area contributed by atoms with Crippen molar-refractivity contribution >= 4 is 11.0 Å². The van der Waals surface area contributed by atoms with E-state index in [-0.39, 0.29) is 0 Å². The molecular weight excluding hydrogens is 360 g/mol. The number of aryl methyl sites for hydroxylation is 1. The highest BCUT2D eigenvalue weighted by atomic mass is 16.3. The molecule has 1 saturated heterocycles. The summed E-state index contributed by atoms with van der Waals surface area (Å²) in [6.45, 7) is 3.75. The molecule has 1 aromatic carbocycles. The molecule has 4 aromatic rings. The van der Waals surface area contributed by atoms with Gasteiger partial charge in [-0.05, 0) is 67.2 Å². The fourth-order valence-corrected chi connectivity index (χ4v) is 4.32. The van der Waals surface area contributed by atoms with E-state index in [1.165, 1.54) is 0 Å². The third-order valence-electron chi connectivity index (χ3n) is 5.92. The fourth-order valence-electron chi connectivity index (χ4n) is 4.32. The smallest absolute Gasteiger partial charge is 0.138 e. The van der Waals surface area contributed by atoms with Crippen LogP contribution in [0, 0.1) is 6.92 Å². The van der Waals surface area contributed by atoms with E-state index in [0.717, 1.165) is 70.3 Å². The van der Waals surface area contributed by atoms with Gasteiger partial charge in [-0.1, -0.05) is 24.3 Å². The van der Waals surface area contributed by atoms with Gasteiger partial charge in [0.05, 0.1) is 5.60 Å². The lowest BCUT2D eigenvalue weighted by Gasteiger charge is -2.33.